The van der Waals surface area contributed by atoms with Crippen LogP contribution in [0.15, 0.2) is 24.3 Å². The van der Waals surface area contributed by atoms with Gasteiger partial charge in [-0.15, -0.1) is 0 Å². The van der Waals surface area contributed by atoms with Crippen molar-refractivity contribution in [2.75, 3.05) is 6.61 Å². The number of hydrogen-bond donors (Lipinski definition) is 1. The highest BCUT2D eigenvalue weighted by Crippen LogP contribution is 2.09. The van der Waals surface area contributed by atoms with Gasteiger partial charge in [-0.1, -0.05) is 43.2 Å². The average molecular weight is 236 g/mol. The number of aliphatic carboxylic acids is 1. The standard InChI is InChI=1S/C14H20O3/c1-3-4-8-17-13(14(15)16)10-12-7-5-6-11(2)9-12/h5-7,9,13H,3-4,8,10H2,1-2H3,(H,15,16). The van der Waals surface area contributed by atoms with Crippen molar-refractivity contribution in [3.63, 3.8) is 0 Å². The number of benzene rings is 1. The van der Waals surface area contributed by atoms with E-state index in [0.717, 1.165) is 24.0 Å². The lowest BCUT2D eigenvalue weighted by Crippen LogP contribution is -2.26. The van der Waals surface area contributed by atoms with Crippen molar-refractivity contribution in [2.24, 2.45) is 0 Å². The zero-order valence-corrected chi connectivity index (χ0v) is 10.5. The molecule has 0 bridgehead atoms. The number of carbonyl (C=O) groups is 1. The molecule has 0 aliphatic rings. The molecule has 1 atom stereocenters. The van der Waals surface area contributed by atoms with Gasteiger partial charge in [-0.05, 0) is 18.9 Å². The molecule has 17 heavy (non-hydrogen) atoms. The van der Waals surface area contributed by atoms with Crippen molar-refractivity contribution in [3.8, 4) is 0 Å². The SMILES string of the molecule is CCCCOC(Cc1cccc(C)c1)C(=O)O. The second kappa shape index (κ2) is 7.07. The number of rotatable bonds is 7. The highest BCUT2D eigenvalue weighted by molar-refractivity contribution is 5.72. The van der Waals surface area contributed by atoms with Gasteiger partial charge in [-0.3, -0.25) is 0 Å². The first-order chi connectivity index (χ1) is 8.13. The zero-order chi connectivity index (χ0) is 12.7. The van der Waals surface area contributed by atoms with Crippen LogP contribution in [0.1, 0.15) is 30.9 Å². The Morgan fingerprint density at radius 3 is 2.82 bits per heavy atom. The first kappa shape index (κ1) is 13.7. The smallest absolute Gasteiger partial charge is 0.333 e. The van der Waals surface area contributed by atoms with Crippen LogP contribution in [0.25, 0.3) is 0 Å². The van der Waals surface area contributed by atoms with Crippen LogP contribution in [0.2, 0.25) is 0 Å². The van der Waals surface area contributed by atoms with Gasteiger partial charge in [-0.2, -0.15) is 0 Å². The third kappa shape index (κ3) is 5.00. The second-order valence-electron chi connectivity index (χ2n) is 4.24. The van der Waals surface area contributed by atoms with E-state index in [1.807, 2.05) is 31.2 Å². The summed E-state index contributed by atoms with van der Waals surface area (Å²) in [7, 11) is 0. The topological polar surface area (TPSA) is 46.5 Å². The summed E-state index contributed by atoms with van der Waals surface area (Å²) in [6, 6.07) is 7.87. The minimum Gasteiger partial charge on any atom is -0.479 e. The first-order valence-electron chi connectivity index (χ1n) is 6.03. The Kier molecular flexibility index (Phi) is 5.70. The Morgan fingerprint density at radius 1 is 1.47 bits per heavy atom. The lowest BCUT2D eigenvalue weighted by Gasteiger charge is -2.13. The number of ether oxygens (including phenoxy) is 1. The molecule has 1 N–H and O–H groups in total. The van der Waals surface area contributed by atoms with Crippen LogP contribution >= 0.6 is 0 Å². The molecule has 0 amide bonds. The maximum Gasteiger partial charge on any atom is 0.333 e. The van der Waals surface area contributed by atoms with Crippen LogP contribution in [0.3, 0.4) is 0 Å². The molecule has 1 rings (SSSR count). The third-order valence-electron chi connectivity index (χ3n) is 2.60. The minimum absolute atomic E-state index is 0.431. The molecule has 0 aliphatic heterocycles. The largest absolute Gasteiger partial charge is 0.479 e. The van der Waals surface area contributed by atoms with Gasteiger partial charge in [0, 0.05) is 13.0 Å². The predicted octanol–water partition coefficient (Wildman–Crippen LogP) is 2.81. The summed E-state index contributed by atoms with van der Waals surface area (Å²) in [5, 5.41) is 9.08. The van der Waals surface area contributed by atoms with Gasteiger partial charge in [0.15, 0.2) is 6.10 Å². The molecule has 1 unspecified atom stereocenters. The van der Waals surface area contributed by atoms with Crippen LogP contribution in [0.5, 0.6) is 0 Å². The first-order valence-corrected chi connectivity index (χ1v) is 6.03. The summed E-state index contributed by atoms with van der Waals surface area (Å²) in [5.74, 6) is -0.886. The maximum absolute atomic E-state index is 11.1. The Balaban J connectivity index is 2.57. The summed E-state index contributed by atoms with van der Waals surface area (Å²) in [6.45, 7) is 4.57. The maximum atomic E-state index is 11.1. The van der Waals surface area contributed by atoms with Crippen molar-refractivity contribution in [3.05, 3.63) is 35.4 Å². The van der Waals surface area contributed by atoms with E-state index in [0.29, 0.717) is 13.0 Å². The Labute approximate surface area is 102 Å². The molecule has 0 aromatic heterocycles. The molecule has 94 valence electrons. The Hall–Kier alpha value is -1.35. The van der Waals surface area contributed by atoms with E-state index >= 15 is 0 Å². The number of carboxylic acid groups (broad SMARTS) is 1. The van der Waals surface area contributed by atoms with Gasteiger partial charge in [0.1, 0.15) is 0 Å². The fourth-order valence-electron chi connectivity index (χ4n) is 1.64. The lowest BCUT2D eigenvalue weighted by molar-refractivity contribution is -0.150. The lowest BCUT2D eigenvalue weighted by atomic mass is 10.1. The third-order valence-corrected chi connectivity index (χ3v) is 2.60. The molecule has 3 heteroatoms. The van der Waals surface area contributed by atoms with E-state index in [1.54, 1.807) is 0 Å². The van der Waals surface area contributed by atoms with Crippen LogP contribution in [0.4, 0.5) is 0 Å². The highest BCUT2D eigenvalue weighted by Gasteiger charge is 2.18. The predicted molar refractivity (Wildman–Crippen MR) is 67.2 cm³/mol. The highest BCUT2D eigenvalue weighted by atomic mass is 16.5. The fraction of sp³-hybridized carbons (Fsp3) is 0.500. The van der Waals surface area contributed by atoms with Crippen molar-refractivity contribution >= 4 is 5.97 Å². The van der Waals surface area contributed by atoms with E-state index in [9.17, 15) is 4.79 Å². The van der Waals surface area contributed by atoms with Gasteiger partial charge in [0.25, 0.3) is 0 Å². The number of unbranched alkanes of at least 4 members (excludes halogenated alkanes) is 1. The fourth-order valence-corrected chi connectivity index (χ4v) is 1.64. The summed E-state index contributed by atoms with van der Waals surface area (Å²) in [4.78, 5) is 11.1. The summed E-state index contributed by atoms with van der Waals surface area (Å²) >= 11 is 0. The normalized spacial score (nSPS) is 12.4. The van der Waals surface area contributed by atoms with Gasteiger partial charge in [0.05, 0.1) is 0 Å². The van der Waals surface area contributed by atoms with Crippen molar-refractivity contribution in [1.82, 2.24) is 0 Å². The Morgan fingerprint density at radius 2 is 2.24 bits per heavy atom. The van der Waals surface area contributed by atoms with Crippen molar-refractivity contribution in [1.29, 1.82) is 0 Å². The van der Waals surface area contributed by atoms with Crippen LogP contribution in [-0.4, -0.2) is 23.8 Å². The van der Waals surface area contributed by atoms with E-state index in [1.165, 1.54) is 0 Å². The average Bonchev–Trinajstić information content (AvgIpc) is 2.28. The van der Waals surface area contributed by atoms with E-state index in [4.69, 9.17) is 9.84 Å². The minimum atomic E-state index is -0.886. The van der Waals surface area contributed by atoms with Crippen LogP contribution in [-0.2, 0) is 16.0 Å². The van der Waals surface area contributed by atoms with Gasteiger partial charge >= 0.3 is 5.97 Å². The molecule has 1 aromatic carbocycles. The molecular weight excluding hydrogens is 216 g/mol. The quantitative estimate of drug-likeness (QED) is 0.740. The molecule has 0 spiro atoms. The van der Waals surface area contributed by atoms with Crippen molar-refractivity contribution in [2.45, 2.75) is 39.2 Å². The molecule has 0 fully saturated rings. The zero-order valence-electron chi connectivity index (χ0n) is 10.5. The summed E-state index contributed by atoms with van der Waals surface area (Å²) in [5.41, 5.74) is 2.15. The molecule has 3 nitrogen and oxygen atoms in total. The molecular formula is C14H20O3. The van der Waals surface area contributed by atoms with Crippen LogP contribution < -0.4 is 0 Å². The molecule has 1 aromatic rings. The van der Waals surface area contributed by atoms with E-state index < -0.39 is 12.1 Å². The van der Waals surface area contributed by atoms with Crippen molar-refractivity contribution < 1.29 is 14.6 Å². The Bertz CT molecular complexity index is 360. The number of hydrogen-bond acceptors (Lipinski definition) is 2. The molecule has 0 saturated carbocycles. The molecule has 0 heterocycles. The monoisotopic (exact) mass is 236 g/mol. The van der Waals surface area contributed by atoms with E-state index in [-0.39, 0.29) is 0 Å². The number of carboxylic acids is 1. The van der Waals surface area contributed by atoms with Gasteiger partial charge in [-0.25, -0.2) is 4.79 Å². The van der Waals surface area contributed by atoms with Gasteiger partial charge < -0.3 is 9.84 Å². The van der Waals surface area contributed by atoms with Gasteiger partial charge in [0.2, 0.25) is 0 Å². The van der Waals surface area contributed by atoms with E-state index in [2.05, 4.69) is 6.92 Å². The summed E-state index contributed by atoms with van der Waals surface area (Å²) < 4.78 is 5.39. The molecule has 0 aliphatic carbocycles. The molecule has 0 saturated heterocycles. The summed E-state index contributed by atoms with van der Waals surface area (Å²) in [6.07, 6.45) is 1.61. The second-order valence-corrected chi connectivity index (χ2v) is 4.24. The van der Waals surface area contributed by atoms with Crippen LogP contribution in [0, 0.1) is 6.92 Å². The number of aryl methyl sites for hydroxylation is 1. The molecule has 0 radical (unpaired) electrons.